The summed E-state index contributed by atoms with van der Waals surface area (Å²) in [5.41, 5.74) is 7.42. The summed E-state index contributed by atoms with van der Waals surface area (Å²) >= 11 is 0. The Morgan fingerprint density at radius 3 is 2.17 bits per heavy atom. The molecule has 0 saturated carbocycles. The molecule has 2 aromatic rings. The van der Waals surface area contributed by atoms with E-state index in [2.05, 4.69) is 77.1 Å². The zero-order valence-corrected chi connectivity index (χ0v) is 14.4. The van der Waals surface area contributed by atoms with Gasteiger partial charge in [0.1, 0.15) is 11.5 Å². The van der Waals surface area contributed by atoms with Gasteiger partial charge in [0.25, 0.3) is 0 Å². The lowest BCUT2D eigenvalue weighted by molar-refractivity contribution is 0.138. The minimum Gasteiger partial charge on any atom is -0.457 e. The van der Waals surface area contributed by atoms with Gasteiger partial charge in [-0.05, 0) is 31.5 Å². The van der Waals surface area contributed by atoms with Crippen LogP contribution in [0, 0.1) is 5.41 Å². The lowest BCUT2D eigenvalue weighted by Gasteiger charge is -2.64. The van der Waals surface area contributed by atoms with Gasteiger partial charge in [0, 0.05) is 27.4 Å². The Bertz CT molecular complexity index is 917. The fourth-order valence-corrected chi connectivity index (χ4v) is 6.08. The molecule has 2 atom stereocenters. The molecule has 0 N–H and O–H groups in total. The van der Waals surface area contributed by atoms with Crippen molar-refractivity contribution in [1.82, 2.24) is 0 Å². The Hall–Kier alpha value is -2.02. The first-order valence-electron chi connectivity index (χ1n) is 8.48. The topological polar surface area (TPSA) is 9.23 Å². The van der Waals surface area contributed by atoms with Crippen LogP contribution in [-0.4, -0.2) is 0 Å². The van der Waals surface area contributed by atoms with Crippen LogP contribution in [0.2, 0.25) is 0 Å². The Kier molecular flexibility index (Phi) is 2.08. The Balaban J connectivity index is 2.01. The van der Waals surface area contributed by atoms with Crippen molar-refractivity contribution >= 4 is 0 Å². The number of ether oxygens (including phenoxy) is 1. The second-order valence-corrected chi connectivity index (χ2v) is 8.03. The van der Waals surface area contributed by atoms with Crippen LogP contribution in [0.15, 0.2) is 53.6 Å². The van der Waals surface area contributed by atoms with Crippen molar-refractivity contribution in [2.75, 3.05) is 0 Å². The minimum atomic E-state index is -0.00502. The Labute approximate surface area is 138 Å². The molecule has 0 fully saturated rings. The lowest BCUT2D eigenvalue weighted by atomic mass is 9.38. The summed E-state index contributed by atoms with van der Waals surface area (Å²) in [6.07, 6.45) is 0. The summed E-state index contributed by atoms with van der Waals surface area (Å²) in [5, 5.41) is 0. The number of hydrogen-bond donors (Lipinski definition) is 0. The van der Waals surface area contributed by atoms with E-state index in [1.807, 2.05) is 0 Å². The molecule has 1 heterocycles. The predicted octanol–water partition coefficient (Wildman–Crippen LogP) is 5.73. The van der Waals surface area contributed by atoms with Gasteiger partial charge < -0.3 is 4.74 Å². The van der Waals surface area contributed by atoms with Crippen LogP contribution in [-0.2, 0) is 10.8 Å². The maximum Gasteiger partial charge on any atom is 0.131 e. The first-order valence-corrected chi connectivity index (χ1v) is 8.48. The average Bonchev–Trinajstić information content (AvgIpc) is 2.64. The second-order valence-electron chi connectivity index (χ2n) is 8.03. The van der Waals surface area contributed by atoms with Crippen LogP contribution in [0.25, 0.3) is 0 Å². The fraction of sp³-hybridized carbons (Fsp3) is 0.364. The maximum atomic E-state index is 6.28. The highest BCUT2D eigenvalue weighted by molar-refractivity contribution is 5.79. The molecule has 0 saturated heterocycles. The van der Waals surface area contributed by atoms with Crippen molar-refractivity contribution in [3.8, 4) is 11.5 Å². The van der Waals surface area contributed by atoms with Gasteiger partial charge in [-0.15, -0.1) is 0 Å². The summed E-state index contributed by atoms with van der Waals surface area (Å²) < 4.78 is 6.28. The molecule has 1 aliphatic heterocycles. The van der Waals surface area contributed by atoms with Crippen molar-refractivity contribution in [1.29, 1.82) is 0 Å². The lowest BCUT2D eigenvalue weighted by Crippen LogP contribution is -2.62. The van der Waals surface area contributed by atoms with E-state index in [1.165, 1.54) is 27.8 Å². The van der Waals surface area contributed by atoms with Crippen LogP contribution in [0.3, 0.4) is 0 Å². The molecular formula is C22H22O. The molecule has 0 bridgehead atoms. The molecule has 1 nitrogen and oxygen atoms in total. The summed E-state index contributed by atoms with van der Waals surface area (Å²) in [4.78, 5) is 0. The molecular weight excluding hydrogens is 280 g/mol. The molecule has 0 radical (unpaired) electrons. The van der Waals surface area contributed by atoms with Gasteiger partial charge in [-0.1, -0.05) is 62.2 Å². The van der Waals surface area contributed by atoms with Crippen molar-refractivity contribution in [3.63, 3.8) is 0 Å². The summed E-state index contributed by atoms with van der Waals surface area (Å²) in [7, 11) is 0. The molecule has 2 aromatic carbocycles. The molecule has 1 heteroatoms. The second kappa shape index (κ2) is 3.56. The monoisotopic (exact) mass is 302 g/mol. The van der Waals surface area contributed by atoms with Crippen molar-refractivity contribution < 1.29 is 4.74 Å². The highest BCUT2D eigenvalue weighted by Gasteiger charge is 2.75. The molecule has 1 spiro atoms. The number of hydrogen-bond acceptors (Lipinski definition) is 1. The summed E-state index contributed by atoms with van der Waals surface area (Å²) in [6, 6.07) is 15.2. The molecule has 23 heavy (non-hydrogen) atoms. The number of benzene rings is 2. The van der Waals surface area contributed by atoms with Crippen molar-refractivity contribution in [2.24, 2.45) is 5.41 Å². The number of para-hydroxylation sites is 1. The van der Waals surface area contributed by atoms with E-state index < -0.39 is 0 Å². The van der Waals surface area contributed by atoms with Gasteiger partial charge in [-0.25, -0.2) is 0 Å². The quantitative estimate of drug-likeness (QED) is 0.565. The van der Waals surface area contributed by atoms with E-state index in [-0.39, 0.29) is 16.2 Å². The Morgan fingerprint density at radius 2 is 1.39 bits per heavy atom. The zero-order chi connectivity index (χ0) is 16.2. The molecule has 2 unspecified atom stereocenters. The van der Waals surface area contributed by atoms with Crippen LogP contribution in [0.4, 0.5) is 0 Å². The van der Waals surface area contributed by atoms with Crippen LogP contribution in [0.1, 0.15) is 51.3 Å². The van der Waals surface area contributed by atoms with E-state index in [0.29, 0.717) is 0 Å². The third-order valence-electron chi connectivity index (χ3n) is 7.39. The minimum absolute atomic E-state index is 0.00502. The van der Waals surface area contributed by atoms with E-state index in [4.69, 9.17) is 4.74 Å². The van der Waals surface area contributed by atoms with E-state index in [0.717, 1.165) is 11.5 Å². The number of rotatable bonds is 0. The highest BCUT2D eigenvalue weighted by atomic mass is 16.5. The molecule has 3 aliphatic rings. The van der Waals surface area contributed by atoms with Gasteiger partial charge in [-0.2, -0.15) is 0 Å². The van der Waals surface area contributed by atoms with Gasteiger partial charge in [-0.3, -0.25) is 0 Å². The van der Waals surface area contributed by atoms with Crippen LogP contribution in [0.5, 0.6) is 11.5 Å². The van der Waals surface area contributed by atoms with Gasteiger partial charge >= 0.3 is 0 Å². The van der Waals surface area contributed by atoms with E-state index in [1.54, 1.807) is 0 Å². The first-order chi connectivity index (χ1) is 10.9. The van der Waals surface area contributed by atoms with Gasteiger partial charge in [0.2, 0.25) is 0 Å². The van der Waals surface area contributed by atoms with Crippen molar-refractivity contribution in [3.05, 3.63) is 70.3 Å². The fourth-order valence-electron chi connectivity index (χ4n) is 6.08. The highest BCUT2D eigenvalue weighted by Crippen LogP contribution is 2.79. The smallest absolute Gasteiger partial charge is 0.131 e. The van der Waals surface area contributed by atoms with Crippen molar-refractivity contribution in [2.45, 2.75) is 45.4 Å². The van der Waals surface area contributed by atoms with Crippen LogP contribution < -0.4 is 4.74 Å². The standard InChI is InChI=1S/C22H22O/c1-13-14(2)21(5)16-10-8-12-18-19(16)22(21,20(13,3)4)15-9-6-7-11-17(15)23-18/h6-12H,1-5H3. The first kappa shape index (κ1) is 13.4. The molecule has 2 aliphatic carbocycles. The third kappa shape index (κ3) is 1.04. The van der Waals surface area contributed by atoms with Gasteiger partial charge in [0.15, 0.2) is 0 Å². The molecule has 0 aromatic heterocycles. The SMILES string of the molecule is CC1=C(C)C2(C)c3cccc4c3C2(c2ccccc2O4)C1(C)C. The summed E-state index contributed by atoms with van der Waals surface area (Å²) in [5.74, 6) is 2.08. The zero-order valence-electron chi connectivity index (χ0n) is 14.4. The molecule has 116 valence electrons. The normalized spacial score (nSPS) is 31.7. The molecule has 0 amide bonds. The third-order valence-corrected chi connectivity index (χ3v) is 7.39. The van der Waals surface area contributed by atoms with E-state index in [9.17, 15) is 0 Å². The summed E-state index contributed by atoms with van der Waals surface area (Å²) in [6.45, 7) is 11.9. The largest absolute Gasteiger partial charge is 0.457 e. The predicted molar refractivity (Wildman–Crippen MR) is 93.2 cm³/mol. The number of fused-ring (bicyclic) bond motifs is 2. The van der Waals surface area contributed by atoms with E-state index >= 15 is 0 Å². The molecule has 5 rings (SSSR count). The number of allylic oxidation sites excluding steroid dienone is 2. The van der Waals surface area contributed by atoms with Crippen LogP contribution >= 0.6 is 0 Å². The van der Waals surface area contributed by atoms with Gasteiger partial charge in [0.05, 0.1) is 0 Å². The maximum absolute atomic E-state index is 6.28. The average molecular weight is 302 g/mol. The Morgan fingerprint density at radius 1 is 0.739 bits per heavy atom.